The second-order valence-electron chi connectivity index (χ2n) is 6.45. The van der Waals surface area contributed by atoms with Crippen LogP contribution < -0.4 is 4.74 Å². The number of hydrogen-bond acceptors (Lipinski definition) is 6. The SMILES string of the molecule is COc1ccc(CSc2nnc3c4c5c(sc4ncn23)CCCC5)cc1. The van der Waals surface area contributed by atoms with E-state index in [9.17, 15) is 0 Å². The summed E-state index contributed by atoms with van der Waals surface area (Å²) in [6, 6.07) is 8.14. The molecule has 0 N–H and O–H groups in total. The van der Waals surface area contributed by atoms with Gasteiger partial charge in [-0.25, -0.2) is 4.98 Å². The second-order valence-corrected chi connectivity index (χ2v) is 8.47. The molecule has 0 atom stereocenters. The molecule has 132 valence electrons. The Labute approximate surface area is 159 Å². The van der Waals surface area contributed by atoms with Gasteiger partial charge in [0.1, 0.15) is 16.9 Å². The van der Waals surface area contributed by atoms with Gasteiger partial charge in [-0.2, -0.15) is 0 Å². The highest BCUT2D eigenvalue weighted by Gasteiger charge is 2.21. The number of thiophene rings is 1. The Bertz CT molecular complexity index is 1080. The van der Waals surface area contributed by atoms with Crippen molar-refractivity contribution < 1.29 is 4.74 Å². The average Bonchev–Trinajstić information content (AvgIpc) is 3.27. The molecule has 0 saturated heterocycles. The van der Waals surface area contributed by atoms with E-state index in [1.807, 2.05) is 34.2 Å². The van der Waals surface area contributed by atoms with Gasteiger partial charge in [-0.1, -0.05) is 23.9 Å². The number of thioether (sulfide) groups is 1. The van der Waals surface area contributed by atoms with E-state index < -0.39 is 0 Å². The molecule has 3 aromatic heterocycles. The average molecular weight is 383 g/mol. The van der Waals surface area contributed by atoms with Gasteiger partial charge in [0.25, 0.3) is 0 Å². The zero-order valence-electron chi connectivity index (χ0n) is 14.4. The van der Waals surface area contributed by atoms with Crippen molar-refractivity contribution in [3.8, 4) is 5.75 Å². The number of rotatable bonds is 4. The van der Waals surface area contributed by atoms with Gasteiger partial charge in [-0.3, -0.25) is 4.40 Å². The molecular weight excluding hydrogens is 364 g/mol. The predicted molar refractivity (Wildman–Crippen MR) is 105 cm³/mol. The minimum Gasteiger partial charge on any atom is -0.497 e. The van der Waals surface area contributed by atoms with E-state index in [0.717, 1.165) is 33.6 Å². The number of aryl methyl sites for hydroxylation is 2. The number of hydrogen-bond donors (Lipinski definition) is 0. The third kappa shape index (κ3) is 2.66. The molecule has 5 rings (SSSR count). The summed E-state index contributed by atoms with van der Waals surface area (Å²) >= 11 is 3.51. The van der Waals surface area contributed by atoms with Crippen molar-refractivity contribution in [2.75, 3.05) is 7.11 Å². The van der Waals surface area contributed by atoms with Gasteiger partial charge in [0.2, 0.25) is 0 Å². The number of nitrogens with zero attached hydrogens (tertiary/aromatic N) is 4. The maximum absolute atomic E-state index is 5.22. The van der Waals surface area contributed by atoms with E-state index in [1.54, 1.807) is 18.9 Å². The number of aromatic nitrogens is 4. The Morgan fingerprint density at radius 3 is 2.85 bits per heavy atom. The Morgan fingerprint density at radius 2 is 2.00 bits per heavy atom. The second kappa shape index (κ2) is 6.55. The molecule has 0 fully saturated rings. The van der Waals surface area contributed by atoms with Crippen LogP contribution in [0.2, 0.25) is 0 Å². The van der Waals surface area contributed by atoms with Crippen LogP contribution in [0.15, 0.2) is 35.7 Å². The van der Waals surface area contributed by atoms with Gasteiger partial charge < -0.3 is 4.74 Å². The first-order valence-electron chi connectivity index (χ1n) is 8.73. The predicted octanol–water partition coefficient (Wildman–Crippen LogP) is 4.52. The monoisotopic (exact) mass is 382 g/mol. The van der Waals surface area contributed by atoms with Gasteiger partial charge >= 0.3 is 0 Å². The summed E-state index contributed by atoms with van der Waals surface area (Å²) in [7, 11) is 1.68. The summed E-state index contributed by atoms with van der Waals surface area (Å²) in [5.74, 6) is 1.71. The fraction of sp³-hybridized carbons (Fsp3) is 0.316. The molecule has 0 unspecified atom stereocenters. The molecule has 1 aliphatic rings. The van der Waals surface area contributed by atoms with E-state index in [4.69, 9.17) is 9.72 Å². The topological polar surface area (TPSA) is 52.3 Å². The molecule has 3 heterocycles. The number of ether oxygens (including phenoxy) is 1. The number of fused-ring (bicyclic) bond motifs is 5. The maximum Gasteiger partial charge on any atom is 0.197 e. The Hall–Kier alpha value is -2.12. The molecule has 0 bridgehead atoms. The first-order valence-corrected chi connectivity index (χ1v) is 10.5. The first kappa shape index (κ1) is 16.1. The van der Waals surface area contributed by atoms with Crippen molar-refractivity contribution in [2.45, 2.75) is 36.6 Å². The fourth-order valence-corrected chi connectivity index (χ4v) is 5.59. The highest BCUT2D eigenvalue weighted by Crippen LogP contribution is 2.37. The lowest BCUT2D eigenvalue weighted by Crippen LogP contribution is -1.99. The molecule has 0 spiro atoms. The third-order valence-electron chi connectivity index (χ3n) is 4.86. The molecular formula is C19H18N4OS2. The highest BCUT2D eigenvalue weighted by molar-refractivity contribution is 7.98. The third-order valence-corrected chi connectivity index (χ3v) is 7.07. The van der Waals surface area contributed by atoms with Crippen LogP contribution in [0.3, 0.4) is 0 Å². The van der Waals surface area contributed by atoms with E-state index in [1.165, 1.54) is 40.7 Å². The molecule has 0 radical (unpaired) electrons. The molecule has 5 nitrogen and oxygen atoms in total. The quantitative estimate of drug-likeness (QED) is 0.486. The summed E-state index contributed by atoms with van der Waals surface area (Å²) in [4.78, 5) is 7.29. The normalized spacial score (nSPS) is 14.0. The molecule has 4 aromatic rings. The molecule has 0 amide bonds. The molecule has 0 aliphatic heterocycles. The van der Waals surface area contributed by atoms with Gasteiger partial charge in [0, 0.05) is 10.6 Å². The van der Waals surface area contributed by atoms with Crippen LogP contribution in [0.1, 0.15) is 28.8 Å². The van der Waals surface area contributed by atoms with Crippen molar-refractivity contribution in [2.24, 2.45) is 0 Å². The number of benzene rings is 1. The lowest BCUT2D eigenvalue weighted by atomic mass is 9.97. The molecule has 7 heteroatoms. The van der Waals surface area contributed by atoms with E-state index in [0.29, 0.717) is 0 Å². The lowest BCUT2D eigenvalue weighted by Gasteiger charge is -2.10. The minimum atomic E-state index is 0.838. The summed E-state index contributed by atoms with van der Waals surface area (Å²) in [5.41, 5.74) is 3.63. The van der Waals surface area contributed by atoms with Crippen molar-refractivity contribution in [3.63, 3.8) is 0 Å². The minimum absolute atomic E-state index is 0.838. The van der Waals surface area contributed by atoms with Gasteiger partial charge in [0.15, 0.2) is 10.8 Å². The maximum atomic E-state index is 5.22. The van der Waals surface area contributed by atoms with Crippen LogP contribution in [-0.4, -0.2) is 26.7 Å². The van der Waals surface area contributed by atoms with Gasteiger partial charge in [-0.15, -0.1) is 21.5 Å². The van der Waals surface area contributed by atoms with Crippen LogP contribution in [0.4, 0.5) is 0 Å². The highest BCUT2D eigenvalue weighted by atomic mass is 32.2. The van der Waals surface area contributed by atoms with Crippen molar-refractivity contribution >= 4 is 39.0 Å². The first-order chi connectivity index (χ1) is 12.8. The van der Waals surface area contributed by atoms with Crippen LogP contribution >= 0.6 is 23.1 Å². The largest absolute Gasteiger partial charge is 0.497 e. The van der Waals surface area contributed by atoms with E-state index in [2.05, 4.69) is 22.3 Å². The molecule has 26 heavy (non-hydrogen) atoms. The molecule has 1 aliphatic carbocycles. The van der Waals surface area contributed by atoms with Crippen LogP contribution in [-0.2, 0) is 18.6 Å². The summed E-state index contributed by atoms with van der Waals surface area (Å²) < 4.78 is 7.26. The Balaban J connectivity index is 1.48. The summed E-state index contributed by atoms with van der Waals surface area (Å²) in [6.45, 7) is 0. The van der Waals surface area contributed by atoms with Gasteiger partial charge in [0.05, 0.1) is 12.5 Å². The van der Waals surface area contributed by atoms with E-state index >= 15 is 0 Å². The van der Waals surface area contributed by atoms with Crippen LogP contribution in [0.25, 0.3) is 15.9 Å². The number of methoxy groups -OCH3 is 1. The fourth-order valence-electron chi connectivity index (χ4n) is 3.50. The molecule has 1 aromatic carbocycles. The van der Waals surface area contributed by atoms with Crippen molar-refractivity contribution in [1.29, 1.82) is 0 Å². The van der Waals surface area contributed by atoms with Crippen LogP contribution in [0, 0.1) is 0 Å². The standard InChI is InChI=1S/C19H18N4OS2/c1-24-13-8-6-12(7-9-13)10-25-19-22-21-17-16-14-4-2-3-5-15(14)26-18(16)20-11-23(17)19/h6-9,11H,2-5,10H2,1H3. The lowest BCUT2D eigenvalue weighted by molar-refractivity contribution is 0.414. The van der Waals surface area contributed by atoms with Gasteiger partial charge in [-0.05, 0) is 48.9 Å². The molecule has 0 saturated carbocycles. The van der Waals surface area contributed by atoms with E-state index in [-0.39, 0.29) is 0 Å². The summed E-state index contributed by atoms with van der Waals surface area (Å²) in [5, 5.41) is 11.1. The van der Waals surface area contributed by atoms with Crippen molar-refractivity contribution in [3.05, 3.63) is 46.6 Å². The Kier molecular flexibility index (Phi) is 4.05. The summed E-state index contributed by atoms with van der Waals surface area (Å²) in [6.07, 6.45) is 6.72. The Morgan fingerprint density at radius 1 is 1.15 bits per heavy atom. The zero-order chi connectivity index (χ0) is 17.5. The van der Waals surface area contributed by atoms with Crippen LogP contribution in [0.5, 0.6) is 5.75 Å². The zero-order valence-corrected chi connectivity index (χ0v) is 16.1. The van der Waals surface area contributed by atoms with Crippen molar-refractivity contribution in [1.82, 2.24) is 19.6 Å². The smallest absolute Gasteiger partial charge is 0.197 e.